The van der Waals surface area contributed by atoms with E-state index in [1.165, 1.54) is 33.0 Å². The number of benzene rings is 2. The molecular formula is C20H21NO5S2. The van der Waals surface area contributed by atoms with E-state index in [4.69, 9.17) is 14.2 Å². The molecule has 0 radical (unpaired) electrons. The lowest BCUT2D eigenvalue weighted by atomic mass is 10.1. The van der Waals surface area contributed by atoms with Gasteiger partial charge in [0.15, 0.2) is 11.5 Å². The van der Waals surface area contributed by atoms with Crippen LogP contribution in [0.15, 0.2) is 36.4 Å². The Hall–Kier alpha value is -2.32. The van der Waals surface area contributed by atoms with Crippen molar-refractivity contribution >= 4 is 41.1 Å². The SMILES string of the molecule is COC(=O)c1cc(OC)c(OC)cc1NC(=O)c1ccc(C2SCCS2)cc1. The van der Waals surface area contributed by atoms with Gasteiger partial charge in [0.1, 0.15) is 0 Å². The number of carbonyl (C=O) groups excluding carboxylic acids is 2. The van der Waals surface area contributed by atoms with Crippen molar-refractivity contribution in [1.82, 2.24) is 0 Å². The van der Waals surface area contributed by atoms with E-state index >= 15 is 0 Å². The van der Waals surface area contributed by atoms with Crippen molar-refractivity contribution in [3.8, 4) is 11.5 Å². The molecule has 1 N–H and O–H groups in total. The zero-order chi connectivity index (χ0) is 20.1. The van der Waals surface area contributed by atoms with Crippen molar-refractivity contribution < 1.29 is 23.8 Å². The van der Waals surface area contributed by atoms with E-state index in [1.54, 1.807) is 18.2 Å². The zero-order valence-corrected chi connectivity index (χ0v) is 17.4. The Morgan fingerprint density at radius 2 is 1.57 bits per heavy atom. The Bertz CT molecular complexity index is 864. The second-order valence-electron chi connectivity index (χ2n) is 5.89. The lowest BCUT2D eigenvalue weighted by molar-refractivity contribution is 0.0601. The van der Waals surface area contributed by atoms with Crippen molar-refractivity contribution in [1.29, 1.82) is 0 Å². The monoisotopic (exact) mass is 419 g/mol. The van der Waals surface area contributed by atoms with Crippen molar-refractivity contribution in [2.45, 2.75) is 4.58 Å². The summed E-state index contributed by atoms with van der Waals surface area (Å²) >= 11 is 3.83. The Morgan fingerprint density at radius 1 is 0.964 bits per heavy atom. The smallest absolute Gasteiger partial charge is 0.340 e. The molecule has 1 aliphatic heterocycles. The van der Waals surface area contributed by atoms with E-state index in [0.717, 1.165) is 11.5 Å². The number of methoxy groups -OCH3 is 3. The molecule has 0 saturated carbocycles. The molecule has 1 aliphatic rings. The summed E-state index contributed by atoms with van der Waals surface area (Å²) in [6.45, 7) is 0. The molecule has 0 aliphatic carbocycles. The summed E-state index contributed by atoms with van der Waals surface area (Å²) in [5.74, 6) is 2.16. The molecule has 0 bridgehead atoms. The second kappa shape index (κ2) is 9.25. The van der Waals surface area contributed by atoms with Crippen LogP contribution < -0.4 is 14.8 Å². The van der Waals surface area contributed by atoms with Crippen LogP contribution in [0, 0.1) is 0 Å². The number of anilines is 1. The minimum Gasteiger partial charge on any atom is -0.493 e. The summed E-state index contributed by atoms with van der Waals surface area (Å²) in [4.78, 5) is 24.9. The number of thioether (sulfide) groups is 2. The third-order valence-electron chi connectivity index (χ3n) is 4.24. The van der Waals surface area contributed by atoms with Gasteiger partial charge in [0.2, 0.25) is 0 Å². The second-order valence-corrected chi connectivity index (χ2v) is 8.62. The van der Waals surface area contributed by atoms with Gasteiger partial charge in [-0.2, -0.15) is 0 Å². The fraction of sp³-hybridized carbons (Fsp3) is 0.300. The summed E-state index contributed by atoms with van der Waals surface area (Å²) in [5, 5.41) is 2.77. The van der Waals surface area contributed by atoms with Crippen molar-refractivity contribution in [2.75, 3.05) is 38.2 Å². The molecule has 0 aromatic heterocycles. The molecule has 0 atom stereocenters. The van der Waals surface area contributed by atoms with E-state index in [1.807, 2.05) is 35.7 Å². The number of esters is 1. The van der Waals surface area contributed by atoms with Gasteiger partial charge in [-0.15, -0.1) is 23.5 Å². The molecule has 8 heteroatoms. The van der Waals surface area contributed by atoms with Crippen LogP contribution >= 0.6 is 23.5 Å². The summed E-state index contributed by atoms with van der Waals surface area (Å²) in [6.07, 6.45) is 0. The summed E-state index contributed by atoms with van der Waals surface area (Å²) < 4.78 is 15.7. The van der Waals surface area contributed by atoms with E-state index in [9.17, 15) is 9.59 Å². The quantitative estimate of drug-likeness (QED) is 0.703. The number of rotatable bonds is 6. The van der Waals surface area contributed by atoms with Crippen LogP contribution in [0.25, 0.3) is 0 Å². The van der Waals surface area contributed by atoms with E-state index in [0.29, 0.717) is 27.3 Å². The van der Waals surface area contributed by atoms with Gasteiger partial charge < -0.3 is 19.5 Å². The van der Waals surface area contributed by atoms with Gasteiger partial charge in [-0.3, -0.25) is 4.79 Å². The third kappa shape index (κ3) is 4.39. The van der Waals surface area contributed by atoms with E-state index < -0.39 is 5.97 Å². The molecule has 0 spiro atoms. The lowest BCUT2D eigenvalue weighted by Crippen LogP contribution is -2.16. The first-order chi connectivity index (χ1) is 13.6. The maximum Gasteiger partial charge on any atom is 0.340 e. The molecule has 1 saturated heterocycles. The van der Waals surface area contributed by atoms with Gasteiger partial charge in [0, 0.05) is 29.2 Å². The number of hydrogen-bond donors (Lipinski definition) is 1. The zero-order valence-electron chi connectivity index (χ0n) is 15.8. The molecular weight excluding hydrogens is 398 g/mol. The molecule has 148 valence electrons. The maximum absolute atomic E-state index is 12.7. The fourth-order valence-corrected chi connectivity index (χ4v) is 5.66. The average Bonchev–Trinajstić information content (AvgIpc) is 3.27. The Labute approximate surface area is 172 Å². The van der Waals surface area contributed by atoms with Crippen LogP contribution in [0.5, 0.6) is 11.5 Å². The van der Waals surface area contributed by atoms with Crippen molar-refractivity contribution in [2.24, 2.45) is 0 Å². The molecule has 1 fully saturated rings. The minimum atomic E-state index is -0.582. The molecule has 2 aromatic carbocycles. The first-order valence-electron chi connectivity index (χ1n) is 8.56. The molecule has 6 nitrogen and oxygen atoms in total. The van der Waals surface area contributed by atoms with Gasteiger partial charge in [-0.05, 0) is 17.7 Å². The predicted molar refractivity (Wildman–Crippen MR) is 113 cm³/mol. The third-order valence-corrected chi connectivity index (χ3v) is 7.35. The van der Waals surface area contributed by atoms with Crippen LogP contribution in [0.4, 0.5) is 5.69 Å². The van der Waals surface area contributed by atoms with Crippen LogP contribution in [-0.2, 0) is 4.74 Å². The highest BCUT2D eigenvalue weighted by atomic mass is 32.2. The largest absolute Gasteiger partial charge is 0.493 e. The topological polar surface area (TPSA) is 73.9 Å². The number of amides is 1. The van der Waals surface area contributed by atoms with Gasteiger partial charge in [0.25, 0.3) is 5.91 Å². The van der Waals surface area contributed by atoms with Gasteiger partial charge in [-0.1, -0.05) is 12.1 Å². The van der Waals surface area contributed by atoms with E-state index in [2.05, 4.69) is 5.32 Å². The lowest BCUT2D eigenvalue weighted by Gasteiger charge is -2.15. The highest BCUT2D eigenvalue weighted by Gasteiger charge is 2.21. The van der Waals surface area contributed by atoms with Crippen molar-refractivity contribution in [3.63, 3.8) is 0 Å². The number of hydrogen-bond acceptors (Lipinski definition) is 7. The Kier molecular flexibility index (Phi) is 6.74. The molecule has 1 amide bonds. The first kappa shape index (κ1) is 20.4. The number of carbonyl (C=O) groups is 2. The van der Waals surface area contributed by atoms with Crippen LogP contribution in [0.1, 0.15) is 30.9 Å². The van der Waals surface area contributed by atoms with Gasteiger partial charge in [0.05, 0.1) is 37.2 Å². The van der Waals surface area contributed by atoms with Crippen LogP contribution in [-0.4, -0.2) is 44.7 Å². The molecule has 28 heavy (non-hydrogen) atoms. The molecule has 1 heterocycles. The molecule has 2 aromatic rings. The van der Waals surface area contributed by atoms with Gasteiger partial charge in [-0.25, -0.2) is 4.79 Å². The molecule has 0 unspecified atom stereocenters. The average molecular weight is 420 g/mol. The Morgan fingerprint density at radius 3 is 2.14 bits per heavy atom. The highest BCUT2D eigenvalue weighted by molar-refractivity contribution is 8.19. The van der Waals surface area contributed by atoms with E-state index in [-0.39, 0.29) is 11.5 Å². The Balaban J connectivity index is 1.85. The normalized spacial score (nSPS) is 13.8. The summed E-state index contributed by atoms with van der Waals surface area (Å²) in [6, 6.07) is 10.6. The van der Waals surface area contributed by atoms with Crippen molar-refractivity contribution in [3.05, 3.63) is 53.1 Å². The predicted octanol–water partition coefficient (Wildman–Crippen LogP) is 4.22. The molecule has 3 rings (SSSR count). The first-order valence-corrected chi connectivity index (χ1v) is 10.7. The standard InChI is InChI=1S/C20H21NO5S2/c1-24-16-10-14(19(23)26-3)15(11-17(16)25-2)21-18(22)12-4-6-13(7-5-12)20-27-8-9-28-20/h4-7,10-11,20H,8-9H2,1-3H3,(H,21,22). The van der Waals surface area contributed by atoms with Crippen LogP contribution in [0.3, 0.4) is 0 Å². The summed E-state index contributed by atoms with van der Waals surface area (Å²) in [7, 11) is 4.24. The number of ether oxygens (including phenoxy) is 3. The van der Waals surface area contributed by atoms with Crippen LogP contribution in [0.2, 0.25) is 0 Å². The minimum absolute atomic E-state index is 0.184. The summed E-state index contributed by atoms with van der Waals surface area (Å²) in [5.41, 5.74) is 2.18. The maximum atomic E-state index is 12.7. The fourth-order valence-electron chi connectivity index (χ4n) is 2.80. The number of nitrogens with one attached hydrogen (secondary N) is 1. The van der Waals surface area contributed by atoms with Gasteiger partial charge >= 0.3 is 5.97 Å². The highest BCUT2D eigenvalue weighted by Crippen LogP contribution is 2.45.